The number of alkyl halides is 3. The van der Waals surface area contributed by atoms with Crippen LogP contribution >= 0.6 is 0 Å². The van der Waals surface area contributed by atoms with E-state index in [4.69, 9.17) is 0 Å². The van der Waals surface area contributed by atoms with Crippen molar-refractivity contribution in [2.24, 2.45) is 5.41 Å². The number of nitrogens with zero attached hydrogens (tertiary/aromatic N) is 1. The van der Waals surface area contributed by atoms with E-state index >= 15 is 0 Å². The van der Waals surface area contributed by atoms with Gasteiger partial charge in [0.1, 0.15) is 11.6 Å². The van der Waals surface area contributed by atoms with Gasteiger partial charge in [-0.3, -0.25) is 4.79 Å². The molecule has 0 bridgehead atoms. The molecule has 1 aromatic heterocycles. The molecule has 7 heteroatoms. The van der Waals surface area contributed by atoms with E-state index in [2.05, 4.69) is 14.7 Å². The smallest absolute Gasteiger partial charge is 0.406 e. The quantitative estimate of drug-likeness (QED) is 0.924. The van der Waals surface area contributed by atoms with Crippen LogP contribution in [0.3, 0.4) is 0 Å². The topological polar surface area (TPSA) is 55.0 Å². The van der Waals surface area contributed by atoms with Gasteiger partial charge in [-0.1, -0.05) is 20.8 Å². The van der Waals surface area contributed by atoms with Gasteiger partial charge in [0.05, 0.1) is 10.9 Å². The lowest BCUT2D eigenvalue weighted by molar-refractivity contribution is -0.274. The van der Waals surface area contributed by atoms with E-state index in [1.54, 1.807) is 0 Å². The third-order valence-electron chi connectivity index (χ3n) is 2.66. The predicted octanol–water partition coefficient (Wildman–Crippen LogP) is 3.41. The molecule has 1 heterocycles. The highest BCUT2D eigenvalue weighted by Crippen LogP contribution is 2.25. The zero-order valence-electron chi connectivity index (χ0n) is 11.8. The third kappa shape index (κ3) is 4.21. The van der Waals surface area contributed by atoms with Crippen LogP contribution in [0.2, 0.25) is 0 Å². The van der Waals surface area contributed by atoms with E-state index in [0.29, 0.717) is 17.8 Å². The highest BCUT2D eigenvalue weighted by atomic mass is 19.4. The molecule has 0 aliphatic carbocycles. The summed E-state index contributed by atoms with van der Waals surface area (Å²) in [6, 6.07) is 3.52. The van der Waals surface area contributed by atoms with Gasteiger partial charge in [-0.2, -0.15) is 0 Å². The SMILES string of the molecule is CC(C)(C)Cc1nc2ccc(OC(F)(F)F)cc2c(=O)[nH]1. The van der Waals surface area contributed by atoms with Crippen LogP contribution in [0.25, 0.3) is 10.9 Å². The largest absolute Gasteiger partial charge is 0.573 e. The number of ether oxygens (including phenoxy) is 1. The summed E-state index contributed by atoms with van der Waals surface area (Å²) in [5, 5.41) is 0.0643. The Hall–Kier alpha value is -2.05. The molecular formula is C14H15F3N2O2. The van der Waals surface area contributed by atoms with E-state index < -0.39 is 17.7 Å². The summed E-state index contributed by atoms with van der Waals surface area (Å²) in [5.41, 5.74) is -0.206. The third-order valence-corrected chi connectivity index (χ3v) is 2.66. The molecular weight excluding hydrogens is 285 g/mol. The van der Waals surface area contributed by atoms with Crippen LogP contribution in [0.15, 0.2) is 23.0 Å². The monoisotopic (exact) mass is 300 g/mol. The number of aromatic nitrogens is 2. The number of benzene rings is 1. The normalized spacial score (nSPS) is 12.7. The van der Waals surface area contributed by atoms with Gasteiger partial charge in [-0.15, -0.1) is 13.2 Å². The van der Waals surface area contributed by atoms with Gasteiger partial charge in [0.2, 0.25) is 0 Å². The summed E-state index contributed by atoms with van der Waals surface area (Å²) in [6.45, 7) is 5.99. The molecule has 1 aromatic carbocycles. The molecule has 4 nitrogen and oxygen atoms in total. The highest BCUT2D eigenvalue weighted by Gasteiger charge is 2.31. The Kier molecular flexibility index (Phi) is 3.69. The number of fused-ring (bicyclic) bond motifs is 1. The van der Waals surface area contributed by atoms with Crippen LogP contribution < -0.4 is 10.3 Å². The molecule has 2 rings (SSSR count). The van der Waals surface area contributed by atoms with Gasteiger partial charge in [0, 0.05) is 6.42 Å². The van der Waals surface area contributed by atoms with E-state index in [0.717, 1.165) is 12.1 Å². The van der Waals surface area contributed by atoms with Crippen molar-refractivity contribution in [3.63, 3.8) is 0 Å². The van der Waals surface area contributed by atoms with Crippen molar-refractivity contribution in [2.75, 3.05) is 0 Å². The number of rotatable bonds is 2. The molecule has 2 aromatic rings. The molecule has 0 saturated heterocycles. The lowest BCUT2D eigenvalue weighted by atomic mass is 9.92. The number of halogens is 3. The standard InChI is InChI=1S/C14H15F3N2O2/c1-13(2,3)7-11-18-10-5-4-8(21-14(15,16)17)6-9(10)12(20)19-11/h4-6H,7H2,1-3H3,(H,18,19,20). The highest BCUT2D eigenvalue weighted by molar-refractivity contribution is 5.79. The zero-order chi connectivity index (χ0) is 15.8. The molecule has 1 N–H and O–H groups in total. The minimum Gasteiger partial charge on any atom is -0.406 e. The van der Waals surface area contributed by atoms with Gasteiger partial charge in [0.15, 0.2) is 0 Å². The number of aromatic amines is 1. The van der Waals surface area contributed by atoms with E-state index in [1.807, 2.05) is 20.8 Å². The van der Waals surface area contributed by atoms with Gasteiger partial charge < -0.3 is 9.72 Å². The fourth-order valence-electron chi connectivity index (χ4n) is 1.95. The molecule has 0 radical (unpaired) electrons. The second-order valence-electron chi connectivity index (χ2n) is 5.98. The van der Waals surface area contributed by atoms with Crippen LogP contribution in [0.5, 0.6) is 5.75 Å². The predicted molar refractivity (Wildman–Crippen MR) is 72.2 cm³/mol. The number of nitrogens with one attached hydrogen (secondary N) is 1. The van der Waals surface area contributed by atoms with Crippen molar-refractivity contribution >= 4 is 10.9 Å². The Bertz CT molecular complexity index is 715. The van der Waals surface area contributed by atoms with E-state index in [-0.39, 0.29) is 10.8 Å². The van der Waals surface area contributed by atoms with Gasteiger partial charge in [0.25, 0.3) is 5.56 Å². The average Bonchev–Trinajstić information content (AvgIpc) is 2.25. The molecule has 21 heavy (non-hydrogen) atoms. The van der Waals surface area contributed by atoms with Crippen molar-refractivity contribution in [1.29, 1.82) is 0 Å². The molecule has 114 valence electrons. The van der Waals surface area contributed by atoms with Crippen LogP contribution in [0, 0.1) is 5.41 Å². The molecule has 0 saturated carbocycles. The maximum absolute atomic E-state index is 12.2. The Morgan fingerprint density at radius 2 is 1.90 bits per heavy atom. The maximum Gasteiger partial charge on any atom is 0.573 e. The summed E-state index contributed by atoms with van der Waals surface area (Å²) < 4.78 is 40.3. The van der Waals surface area contributed by atoms with Crippen LogP contribution in [0.1, 0.15) is 26.6 Å². The first-order valence-electron chi connectivity index (χ1n) is 6.32. The Morgan fingerprint density at radius 1 is 1.24 bits per heavy atom. The molecule has 0 amide bonds. The lowest BCUT2D eigenvalue weighted by Crippen LogP contribution is -2.19. The molecule has 0 unspecified atom stereocenters. The van der Waals surface area contributed by atoms with Gasteiger partial charge in [-0.05, 0) is 23.6 Å². The minimum atomic E-state index is -4.79. The molecule has 0 atom stereocenters. The Labute approximate surface area is 119 Å². The Balaban J connectivity index is 2.44. The number of H-pyrrole nitrogens is 1. The van der Waals surface area contributed by atoms with Crippen molar-refractivity contribution < 1.29 is 17.9 Å². The van der Waals surface area contributed by atoms with Crippen molar-refractivity contribution in [3.8, 4) is 5.75 Å². The number of hydrogen-bond acceptors (Lipinski definition) is 3. The van der Waals surface area contributed by atoms with Crippen molar-refractivity contribution in [2.45, 2.75) is 33.6 Å². The molecule has 0 aliphatic rings. The lowest BCUT2D eigenvalue weighted by Gasteiger charge is -2.17. The Morgan fingerprint density at radius 3 is 2.48 bits per heavy atom. The van der Waals surface area contributed by atoms with Gasteiger partial charge in [-0.25, -0.2) is 4.98 Å². The second-order valence-corrected chi connectivity index (χ2v) is 5.98. The van der Waals surface area contributed by atoms with Crippen molar-refractivity contribution in [1.82, 2.24) is 9.97 Å². The molecule has 0 spiro atoms. The number of hydrogen-bond donors (Lipinski definition) is 1. The molecule has 0 aliphatic heterocycles. The van der Waals surface area contributed by atoms with Crippen LogP contribution in [0.4, 0.5) is 13.2 Å². The summed E-state index contributed by atoms with van der Waals surface area (Å²) in [7, 11) is 0. The maximum atomic E-state index is 12.2. The van der Waals surface area contributed by atoms with Crippen molar-refractivity contribution in [3.05, 3.63) is 34.4 Å². The first kappa shape index (κ1) is 15.3. The van der Waals surface area contributed by atoms with Gasteiger partial charge >= 0.3 is 6.36 Å². The summed E-state index contributed by atoms with van der Waals surface area (Å²) in [6.07, 6.45) is -4.24. The summed E-state index contributed by atoms with van der Waals surface area (Å²) in [5.74, 6) is 0.0651. The first-order valence-corrected chi connectivity index (χ1v) is 6.32. The fraction of sp³-hybridized carbons (Fsp3) is 0.429. The zero-order valence-corrected chi connectivity index (χ0v) is 11.8. The van der Waals surface area contributed by atoms with E-state index in [1.165, 1.54) is 6.07 Å². The average molecular weight is 300 g/mol. The van der Waals surface area contributed by atoms with Crippen LogP contribution in [-0.2, 0) is 6.42 Å². The summed E-state index contributed by atoms with van der Waals surface area (Å²) >= 11 is 0. The molecule has 0 fully saturated rings. The first-order chi connectivity index (χ1) is 9.53. The fourth-order valence-corrected chi connectivity index (χ4v) is 1.95. The van der Waals surface area contributed by atoms with Crippen LogP contribution in [-0.4, -0.2) is 16.3 Å². The summed E-state index contributed by atoms with van der Waals surface area (Å²) in [4.78, 5) is 18.8. The second kappa shape index (κ2) is 5.05. The van der Waals surface area contributed by atoms with E-state index in [9.17, 15) is 18.0 Å². The minimum absolute atomic E-state index is 0.0643.